The van der Waals surface area contributed by atoms with Crippen LogP contribution in [0.1, 0.15) is 145 Å². The van der Waals surface area contributed by atoms with E-state index in [1.54, 1.807) is 70.9 Å². The Morgan fingerprint density at radius 3 is 2.13 bits per heavy atom. The number of benzene rings is 1. The molecule has 25 nitrogen and oxygen atoms in total. The monoisotopic (exact) mass is 1340 g/mol. The van der Waals surface area contributed by atoms with Gasteiger partial charge in [0, 0.05) is 65.0 Å². The maximum absolute atomic E-state index is 14.4. The number of fused-ring (bicyclic) bond motifs is 14. The second-order valence-electron chi connectivity index (χ2n) is 21.5. The number of carbonyl (C=O) groups excluding carboxylic acids is 6. The van der Waals surface area contributed by atoms with Gasteiger partial charge >= 0.3 is 11.9 Å². The minimum absolute atomic E-state index is 0.00187. The summed E-state index contributed by atoms with van der Waals surface area (Å²) in [6, 6.07) is 9.34. The van der Waals surface area contributed by atoms with Crippen LogP contribution in [0.3, 0.4) is 0 Å². The fourth-order valence-corrected chi connectivity index (χ4v) is 15.6. The first-order valence-electron chi connectivity index (χ1n) is 28.5. The zero-order chi connectivity index (χ0) is 63.9. The lowest BCUT2D eigenvalue weighted by Gasteiger charge is -2.34. The highest BCUT2D eigenvalue weighted by Gasteiger charge is 2.42. The normalized spacial score (nSPS) is 18.3. The molecule has 8 N–H and O–H groups in total. The van der Waals surface area contributed by atoms with Crippen LogP contribution in [-0.4, -0.2) is 125 Å². The number of ether oxygens (including phenoxy) is 1. The molecule has 1 aliphatic heterocycles. The average Bonchev–Trinajstić information content (AvgIpc) is 1.61. The summed E-state index contributed by atoms with van der Waals surface area (Å²) in [7, 11) is 2.92. The van der Waals surface area contributed by atoms with Gasteiger partial charge in [0.2, 0.25) is 17.7 Å². The van der Waals surface area contributed by atoms with Gasteiger partial charge in [0.15, 0.2) is 0 Å². The molecular formula is C59H61N13O12S6. The Balaban J connectivity index is 1.04. The van der Waals surface area contributed by atoms with Crippen LogP contribution in [0.4, 0.5) is 5.82 Å². The van der Waals surface area contributed by atoms with Crippen LogP contribution in [0.15, 0.2) is 64.0 Å². The number of aliphatic hydroxyl groups excluding tert-OH is 1. The zero-order valence-electron chi connectivity index (χ0n) is 49.0. The smallest absolute Gasteiger partial charge is 0.306 e. The van der Waals surface area contributed by atoms with Gasteiger partial charge in [0.25, 0.3) is 17.7 Å². The predicted octanol–water partition coefficient (Wildman–Crippen LogP) is 8.40. The molecule has 1 aromatic carbocycles. The standard InChI is InChI=1S/C59H61N13O12S6/c1-27(2)43-57-71-46(38(90-57)22-84-5)50(79)61-21-41(74)68-47(48(77)29-12-8-6-9-13-29)56-66-37(25-87-56)54-64-35(23-86-54)45-32(52-65-36(24-85-52)49(78)63-34(20-40(73)60-4)55-70-44(28(3)89-55)51(80)69-43)15-16-33(62-45)53-67-39(26-88-53)72(17-11-7-10-14-42(75)76)58(81)30-18-31(19-30)59(82)83/h6,8-9,12-13,15-16,23-27,30-31,34,43,47-48,77H,7,10-11,14,17-22H2,1-5H3,(H,60,73)(H,61,79)(H,63,78)(H,68,74)(H,69,80)(H,75,76)(H,82,83)/t30-,31-,34-,43?,47-,48-/m0/s1. The van der Waals surface area contributed by atoms with E-state index >= 15 is 0 Å². The maximum atomic E-state index is 14.4. The minimum Gasteiger partial charge on any atom is -0.481 e. The second-order valence-corrected chi connectivity index (χ2v) is 27.4. The number of pyridine rings is 1. The molecule has 470 valence electrons. The molecule has 7 aromatic heterocycles. The molecule has 10 rings (SSSR count). The number of nitrogens with zero attached hydrogens (tertiary/aromatic N) is 8. The zero-order valence-corrected chi connectivity index (χ0v) is 53.9. The number of thiazole rings is 6. The van der Waals surface area contributed by atoms with Gasteiger partial charge in [-0.2, -0.15) is 0 Å². The Bertz CT molecular complexity index is 3980. The summed E-state index contributed by atoms with van der Waals surface area (Å²) in [6.45, 7) is 5.13. The largest absolute Gasteiger partial charge is 0.481 e. The molecule has 0 saturated heterocycles. The summed E-state index contributed by atoms with van der Waals surface area (Å²) in [5.74, 6) is -6.23. The molecular weight excluding hydrogens is 1280 g/mol. The van der Waals surface area contributed by atoms with E-state index in [4.69, 9.17) is 39.6 Å². The van der Waals surface area contributed by atoms with Crippen molar-refractivity contribution < 1.29 is 58.4 Å². The number of rotatable bonds is 17. The van der Waals surface area contributed by atoms with E-state index in [1.807, 2.05) is 13.8 Å². The highest BCUT2D eigenvalue weighted by atomic mass is 32.1. The van der Waals surface area contributed by atoms with Crippen molar-refractivity contribution in [3.8, 4) is 43.4 Å². The van der Waals surface area contributed by atoms with Gasteiger partial charge in [-0.1, -0.05) is 50.6 Å². The molecule has 0 radical (unpaired) electrons. The quantitative estimate of drug-likeness (QED) is 0.0396. The number of aryl methyl sites for hydroxylation is 1. The molecule has 1 saturated carbocycles. The van der Waals surface area contributed by atoms with Crippen LogP contribution in [0, 0.1) is 24.7 Å². The first-order valence-corrected chi connectivity index (χ1v) is 33.6. The second kappa shape index (κ2) is 28.8. The summed E-state index contributed by atoms with van der Waals surface area (Å²) in [4.78, 5) is 143. The molecule has 1 unspecified atom stereocenters. The van der Waals surface area contributed by atoms with Gasteiger partial charge in [-0.15, -0.1) is 68.0 Å². The highest BCUT2D eigenvalue weighted by Crippen LogP contribution is 2.42. The SMILES string of the molecule is CNC(=O)C[C@@H]1NC(=O)c2csc(n2)-c2ccc(-c3nc(N(CCCCCC(=O)O)C(=O)[C@H]4C[C@H](C(=O)O)C4)cs3)nc2-c2csc(n2)-c2csc(n2)[C@H]([C@@H](O)c2ccccc2)NC(=O)CNC(=O)c2nc(sc2COC)C(C(C)C)NC(=O)c2nc1sc2C. The van der Waals surface area contributed by atoms with Gasteiger partial charge in [-0.05, 0) is 56.2 Å². The third kappa shape index (κ3) is 14.8. The number of aliphatic carboxylic acids is 2. The number of aromatic nitrogens is 7. The first-order chi connectivity index (χ1) is 43.3. The van der Waals surface area contributed by atoms with Crippen LogP contribution in [0.2, 0.25) is 0 Å². The molecule has 8 heterocycles. The third-order valence-electron chi connectivity index (χ3n) is 14.9. The van der Waals surface area contributed by atoms with Crippen molar-refractivity contribution in [1.82, 2.24) is 61.5 Å². The van der Waals surface area contributed by atoms with Crippen molar-refractivity contribution in [2.24, 2.45) is 17.8 Å². The number of anilines is 1. The van der Waals surface area contributed by atoms with Crippen molar-refractivity contribution in [3.63, 3.8) is 0 Å². The predicted molar refractivity (Wildman–Crippen MR) is 339 cm³/mol. The molecule has 6 amide bonds. The van der Waals surface area contributed by atoms with Crippen molar-refractivity contribution in [1.29, 1.82) is 0 Å². The van der Waals surface area contributed by atoms with Gasteiger partial charge in [0.1, 0.15) is 82.2 Å². The Labute approximate surface area is 538 Å². The fraction of sp³-hybridized carbons (Fsp3) is 0.373. The average molecular weight is 1340 g/mol. The van der Waals surface area contributed by atoms with Crippen LogP contribution in [-0.2, 0) is 35.3 Å². The van der Waals surface area contributed by atoms with Crippen LogP contribution in [0.25, 0.3) is 43.4 Å². The van der Waals surface area contributed by atoms with E-state index in [0.717, 1.165) is 34.0 Å². The Hall–Kier alpha value is -8.17. The minimum atomic E-state index is -1.30. The number of hydrogen-bond donors (Lipinski definition) is 8. The number of unbranched alkanes of at least 4 members (excludes halogenated alkanes) is 2. The molecule has 0 spiro atoms. The Morgan fingerprint density at radius 1 is 0.689 bits per heavy atom. The van der Waals surface area contributed by atoms with Gasteiger partial charge in [0.05, 0.1) is 48.1 Å². The number of methoxy groups -OCH3 is 1. The summed E-state index contributed by atoms with van der Waals surface area (Å²) >= 11 is 7.07. The van der Waals surface area contributed by atoms with Crippen molar-refractivity contribution >= 4 is 121 Å². The van der Waals surface area contributed by atoms with E-state index in [0.29, 0.717) is 93.8 Å². The Kier molecular flexibility index (Phi) is 20.7. The lowest BCUT2D eigenvalue weighted by molar-refractivity contribution is -0.148. The lowest BCUT2D eigenvalue weighted by atomic mass is 9.74. The number of hydrogen-bond acceptors (Lipinski definition) is 23. The molecule has 90 heavy (non-hydrogen) atoms. The molecule has 1 fully saturated rings. The first kappa shape index (κ1) is 64.8. The fourth-order valence-electron chi connectivity index (χ4n) is 10.0. The molecule has 1 aliphatic carbocycles. The number of amides is 6. The van der Waals surface area contributed by atoms with Gasteiger partial charge < -0.3 is 46.6 Å². The topological polar surface area (TPSA) is 360 Å². The maximum Gasteiger partial charge on any atom is 0.306 e. The third-order valence-corrected chi connectivity index (χ3v) is 20.6. The molecule has 8 aromatic rings. The highest BCUT2D eigenvalue weighted by molar-refractivity contribution is 7.15. The number of carboxylic acids is 2. The van der Waals surface area contributed by atoms with Crippen molar-refractivity contribution in [3.05, 3.63) is 111 Å². The van der Waals surface area contributed by atoms with Gasteiger partial charge in [-0.3, -0.25) is 43.3 Å². The number of carboxylic acid groups (broad SMARTS) is 2. The molecule has 4 atom stereocenters. The number of carbonyl (C=O) groups is 8. The number of aliphatic hydroxyl groups is 1. The summed E-state index contributed by atoms with van der Waals surface area (Å²) in [6.07, 6.45) is 0.226. The summed E-state index contributed by atoms with van der Waals surface area (Å²) in [5, 5.41) is 53.8. The number of nitrogens with one attached hydrogen (secondary N) is 5. The van der Waals surface area contributed by atoms with Crippen LogP contribution in [0.5, 0.6) is 0 Å². The van der Waals surface area contributed by atoms with Gasteiger partial charge in [-0.25, -0.2) is 34.9 Å². The molecule has 10 bridgehead atoms. The van der Waals surface area contributed by atoms with E-state index in [9.17, 15) is 53.7 Å². The van der Waals surface area contributed by atoms with Crippen LogP contribution >= 0.6 is 68.0 Å². The molecule has 2 aliphatic rings. The van der Waals surface area contributed by atoms with Crippen molar-refractivity contribution in [2.75, 3.05) is 32.1 Å². The lowest BCUT2D eigenvalue weighted by Crippen LogP contribution is -2.44. The Morgan fingerprint density at radius 2 is 1.40 bits per heavy atom. The van der Waals surface area contributed by atoms with E-state index in [-0.39, 0.29) is 72.7 Å². The summed E-state index contributed by atoms with van der Waals surface area (Å²) < 4.78 is 5.45. The summed E-state index contributed by atoms with van der Waals surface area (Å²) in [5.41, 5.74) is 2.46. The van der Waals surface area contributed by atoms with Crippen LogP contribution < -0.4 is 31.5 Å². The molecule has 31 heteroatoms. The van der Waals surface area contributed by atoms with E-state index in [2.05, 4.69) is 26.6 Å². The van der Waals surface area contributed by atoms with E-state index < -0.39 is 84.1 Å². The van der Waals surface area contributed by atoms with Crippen molar-refractivity contribution in [2.45, 2.75) is 96.6 Å². The van der Waals surface area contributed by atoms with E-state index in [1.165, 1.54) is 53.1 Å².